The van der Waals surface area contributed by atoms with Crippen molar-refractivity contribution in [3.8, 4) is 0 Å². The van der Waals surface area contributed by atoms with E-state index in [0.717, 1.165) is 19.6 Å². The van der Waals surface area contributed by atoms with Crippen LogP contribution in [-0.2, 0) is 0 Å². The average molecular weight is 190 g/mol. The van der Waals surface area contributed by atoms with Crippen LogP contribution >= 0.6 is 0 Å². The molecule has 1 saturated heterocycles. The van der Waals surface area contributed by atoms with Crippen LogP contribution in [0.15, 0.2) is 24.3 Å². The second-order valence-corrected chi connectivity index (χ2v) is 4.09. The van der Waals surface area contributed by atoms with Crippen LogP contribution in [0.1, 0.15) is 12.5 Å². The standard InChI is InChI=1S/C12H18N2/c1-10-4-3-5-12(8-10)14-7-6-13-9-11(14)2/h3-5,8,11,13H,6-7,9H2,1-2H3. The maximum atomic E-state index is 3.41. The normalized spacial score (nSPS) is 22.4. The monoisotopic (exact) mass is 190 g/mol. The Labute approximate surface area is 85.9 Å². The van der Waals surface area contributed by atoms with E-state index in [4.69, 9.17) is 0 Å². The zero-order valence-electron chi connectivity index (χ0n) is 8.96. The Morgan fingerprint density at radius 2 is 2.29 bits per heavy atom. The van der Waals surface area contributed by atoms with Gasteiger partial charge in [-0.15, -0.1) is 0 Å². The lowest BCUT2D eigenvalue weighted by Crippen LogP contribution is -2.49. The summed E-state index contributed by atoms with van der Waals surface area (Å²) in [6.07, 6.45) is 0. The first kappa shape index (κ1) is 9.53. The molecule has 0 bridgehead atoms. The fraction of sp³-hybridized carbons (Fsp3) is 0.500. The van der Waals surface area contributed by atoms with Crippen molar-refractivity contribution in [2.45, 2.75) is 19.9 Å². The topological polar surface area (TPSA) is 15.3 Å². The second kappa shape index (κ2) is 4.01. The maximum Gasteiger partial charge on any atom is 0.0386 e. The van der Waals surface area contributed by atoms with E-state index in [1.807, 2.05) is 0 Å². The molecule has 0 amide bonds. The largest absolute Gasteiger partial charge is 0.366 e. The summed E-state index contributed by atoms with van der Waals surface area (Å²) in [4.78, 5) is 2.48. The third kappa shape index (κ3) is 1.90. The molecule has 1 heterocycles. The number of aryl methyl sites for hydroxylation is 1. The van der Waals surface area contributed by atoms with E-state index in [-0.39, 0.29) is 0 Å². The van der Waals surface area contributed by atoms with Gasteiger partial charge in [-0.1, -0.05) is 12.1 Å². The van der Waals surface area contributed by atoms with Gasteiger partial charge in [0.25, 0.3) is 0 Å². The van der Waals surface area contributed by atoms with Crippen molar-refractivity contribution >= 4 is 5.69 Å². The van der Waals surface area contributed by atoms with Crippen molar-refractivity contribution in [3.63, 3.8) is 0 Å². The van der Waals surface area contributed by atoms with Crippen LogP contribution in [0.25, 0.3) is 0 Å². The molecule has 0 aromatic heterocycles. The number of benzene rings is 1. The first-order valence-electron chi connectivity index (χ1n) is 5.31. The molecule has 2 nitrogen and oxygen atoms in total. The van der Waals surface area contributed by atoms with Crippen LogP contribution in [0.3, 0.4) is 0 Å². The fourth-order valence-electron chi connectivity index (χ4n) is 2.03. The average Bonchev–Trinajstić information content (AvgIpc) is 2.18. The molecular weight excluding hydrogens is 172 g/mol. The third-order valence-corrected chi connectivity index (χ3v) is 2.83. The predicted molar refractivity (Wildman–Crippen MR) is 60.9 cm³/mol. The van der Waals surface area contributed by atoms with Crippen LogP contribution in [-0.4, -0.2) is 25.7 Å². The number of hydrogen-bond donors (Lipinski definition) is 1. The van der Waals surface area contributed by atoms with Crippen LogP contribution in [0.5, 0.6) is 0 Å². The zero-order chi connectivity index (χ0) is 9.97. The van der Waals surface area contributed by atoms with E-state index in [2.05, 4.69) is 48.3 Å². The van der Waals surface area contributed by atoms with E-state index >= 15 is 0 Å². The van der Waals surface area contributed by atoms with Crippen LogP contribution < -0.4 is 10.2 Å². The lowest BCUT2D eigenvalue weighted by atomic mass is 10.1. The molecule has 1 aromatic carbocycles. The fourth-order valence-corrected chi connectivity index (χ4v) is 2.03. The molecule has 1 aromatic rings. The molecule has 1 fully saturated rings. The maximum absolute atomic E-state index is 3.41. The first-order valence-corrected chi connectivity index (χ1v) is 5.31. The van der Waals surface area contributed by atoms with Gasteiger partial charge in [0.2, 0.25) is 0 Å². The van der Waals surface area contributed by atoms with Crippen molar-refractivity contribution in [2.75, 3.05) is 24.5 Å². The molecule has 2 heteroatoms. The minimum Gasteiger partial charge on any atom is -0.366 e. The summed E-state index contributed by atoms with van der Waals surface area (Å²) < 4.78 is 0. The number of piperazine rings is 1. The van der Waals surface area contributed by atoms with Crippen molar-refractivity contribution in [3.05, 3.63) is 29.8 Å². The van der Waals surface area contributed by atoms with E-state index < -0.39 is 0 Å². The van der Waals surface area contributed by atoms with E-state index in [0.29, 0.717) is 6.04 Å². The Morgan fingerprint density at radius 3 is 3.00 bits per heavy atom. The van der Waals surface area contributed by atoms with Crippen LogP contribution in [0.2, 0.25) is 0 Å². The number of nitrogens with one attached hydrogen (secondary N) is 1. The molecule has 0 aliphatic carbocycles. The third-order valence-electron chi connectivity index (χ3n) is 2.83. The molecule has 1 aliphatic heterocycles. The molecule has 76 valence electrons. The molecule has 1 N–H and O–H groups in total. The van der Waals surface area contributed by atoms with Gasteiger partial charge < -0.3 is 10.2 Å². The SMILES string of the molecule is Cc1cccc(N2CCNCC2C)c1. The Balaban J connectivity index is 2.20. The van der Waals surface area contributed by atoms with Crippen molar-refractivity contribution in [2.24, 2.45) is 0 Å². The number of nitrogens with zero attached hydrogens (tertiary/aromatic N) is 1. The highest BCUT2D eigenvalue weighted by Gasteiger charge is 2.17. The van der Waals surface area contributed by atoms with Crippen molar-refractivity contribution in [1.29, 1.82) is 0 Å². The van der Waals surface area contributed by atoms with Gasteiger partial charge in [-0.3, -0.25) is 0 Å². The minimum atomic E-state index is 0.602. The molecule has 14 heavy (non-hydrogen) atoms. The van der Waals surface area contributed by atoms with Gasteiger partial charge in [-0.2, -0.15) is 0 Å². The summed E-state index contributed by atoms with van der Waals surface area (Å²) in [7, 11) is 0. The minimum absolute atomic E-state index is 0.602. The lowest BCUT2D eigenvalue weighted by Gasteiger charge is -2.36. The van der Waals surface area contributed by atoms with Crippen LogP contribution in [0.4, 0.5) is 5.69 Å². The summed E-state index contributed by atoms with van der Waals surface area (Å²) in [6.45, 7) is 7.72. The van der Waals surface area contributed by atoms with Gasteiger partial charge in [0.1, 0.15) is 0 Å². The first-order chi connectivity index (χ1) is 6.77. The van der Waals surface area contributed by atoms with Gasteiger partial charge in [0, 0.05) is 31.4 Å². The quantitative estimate of drug-likeness (QED) is 0.726. The highest BCUT2D eigenvalue weighted by atomic mass is 15.2. The molecule has 0 saturated carbocycles. The summed E-state index contributed by atoms with van der Waals surface area (Å²) in [5, 5.41) is 3.41. The molecule has 1 atom stereocenters. The Morgan fingerprint density at radius 1 is 1.43 bits per heavy atom. The molecule has 2 rings (SSSR count). The molecular formula is C12H18N2. The number of rotatable bonds is 1. The van der Waals surface area contributed by atoms with E-state index in [1.54, 1.807) is 0 Å². The number of anilines is 1. The molecule has 0 radical (unpaired) electrons. The molecule has 1 unspecified atom stereocenters. The van der Waals surface area contributed by atoms with Crippen LogP contribution in [0, 0.1) is 6.92 Å². The lowest BCUT2D eigenvalue weighted by molar-refractivity contribution is 0.501. The Kier molecular flexibility index (Phi) is 2.73. The summed E-state index contributed by atoms with van der Waals surface area (Å²) in [5.41, 5.74) is 2.70. The molecule has 1 aliphatic rings. The Bertz CT molecular complexity index is 309. The van der Waals surface area contributed by atoms with Crippen molar-refractivity contribution in [1.82, 2.24) is 5.32 Å². The van der Waals surface area contributed by atoms with E-state index in [9.17, 15) is 0 Å². The second-order valence-electron chi connectivity index (χ2n) is 4.09. The van der Waals surface area contributed by atoms with Gasteiger partial charge in [0.05, 0.1) is 0 Å². The molecule has 0 spiro atoms. The zero-order valence-corrected chi connectivity index (χ0v) is 8.96. The van der Waals surface area contributed by atoms with E-state index in [1.165, 1.54) is 11.3 Å². The highest BCUT2D eigenvalue weighted by molar-refractivity contribution is 5.49. The highest BCUT2D eigenvalue weighted by Crippen LogP contribution is 2.19. The predicted octanol–water partition coefficient (Wildman–Crippen LogP) is 1.79. The van der Waals surface area contributed by atoms with Gasteiger partial charge in [-0.25, -0.2) is 0 Å². The number of hydrogen-bond acceptors (Lipinski definition) is 2. The van der Waals surface area contributed by atoms with Gasteiger partial charge in [-0.05, 0) is 31.5 Å². The Hall–Kier alpha value is -1.02. The summed E-state index contributed by atoms with van der Waals surface area (Å²) in [5.74, 6) is 0. The smallest absolute Gasteiger partial charge is 0.0386 e. The summed E-state index contributed by atoms with van der Waals surface area (Å²) in [6, 6.07) is 9.36. The van der Waals surface area contributed by atoms with Crippen molar-refractivity contribution < 1.29 is 0 Å². The summed E-state index contributed by atoms with van der Waals surface area (Å²) >= 11 is 0. The van der Waals surface area contributed by atoms with Gasteiger partial charge in [0.15, 0.2) is 0 Å². The van der Waals surface area contributed by atoms with Gasteiger partial charge >= 0.3 is 0 Å².